The van der Waals surface area contributed by atoms with Crippen LogP contribution in [0.15, 0.2) is 0 Å². The molecule has 0 aromatic carbocycles. The molecule has 6 heavy (non-hydrogen) atoms. The smallest absolute Gasteiger partial charge is 0.00619 e. The Morgan fingerprint density at radius 2 is 1.67 bits per heavy atom. The van der Waals surface area contributed by atoms with Crippen LogP contribution in [0.5, 0.6) is 0 Å². The van der Waals surface area contributed by atoms with Gasteiger partial charge in [0.1, 0.15) is 0 Å². The van der Waals surface area contributed by atoms with Crippen LogP contribution in [0, 0.1) is 0 Å². The van der Waals surface area contributed by atoms with Gasteiger partial charge in [-0.15, -0.1) is 6.89 Å². The maximum Gasteiger partial charge on any atom is -0.00619 e. The van der Waals surface area contributed by atoms with E-state index in [1.807, 2.05) is 0 Å². The molecule has 0 aliphatic carbocycles. The molecule has 0 saturated carbocycles. The summed E-state index contributed by atoms with van der Waals surface area (Å²) in [5.74, 6) is 2.47. The van der Waals surface area contributed by atoms with Crippen LogP contribution in [0.1, 0.15) is 6.92 Å². The third-order valence-electron chi connectivity index (χ3n) is 1.56. The van der Waals surface area contributed by atoms with E-state index in [1.54, 1.807) is 0 Å². The lowest BCUT2D eigenvalue weighted by molar-refractivity contribution is 1.39. The van der Waals surface area contributed by atoms with Crippen LogP contribution >= 0.6 is 6.89 Å². The Balaban J connectivity index is 2.60. The normalized spacial score (nSPS) is 38.2. The van der Waals surface area contributed by atoms with Gasteiger partial charge in [-0.1, -0.05) is 12.7 Å². The van der Waals surface area contributed by atoms with Crippen LogP contribution in [0.3, 0.4) is 0 Å². The van der Waals surface area contributed by atoms with Gasteiger partial charge in [-0.2, -0.15) is 0 Å². The average Bonchev–Trinajstić information content (AvgIpc) is 1.73. The largest absolute Gasteiger partial charge is 0.108 e. The fraction of sp³-hybridized carbons (Fsp3) is 0.800. The van der Waals surface area contributed by atoms with Crippen molar-refractivity contribution in [2.75, 3.05) is 13.3 Å². The molecule has 0 nitrogen and oxygen atoms in total. The van der Waals surface area contributed by atoms with Crippen molar-refractivity contribution in [3.05, 3.63) is 0 Å². The predicted octanol–water partition coefficient (Wildman–Crippen LogP) is 1.47. The summed E-state index contributed by atoms with van der Waals surface area (Å²) < 4.78 is 0. The third kappa shape index (κ3) is 0.541. The van der Waals surface area contributed by atoms with Crippen LogP contribution in [-0.4, -0.2) is 24.8 Å². The molecule has 0 fully saturated rings. The number of rotatable bonds is 0. The van der Waals surface area contributed by atoms with Gasteiger partial charge in [0.25, 0.3) is 0 Å². The molecule has 0 aromatic heterocycles. The Morgan fingerprint density at radius 3 is 1.67 bits per heavy atom. The summed E-state index contributed by atoms with van der Waals surface area (Å²) in [7, 11) is 0. The van der Waals surface area contributed by atoms with E-state index in [2.05, 4.69) is 26.0 Å². The molecule has 0 aromatic rings. The highest BCUT2D eigenvalue weighted by atomic mass is 31.2. The zero-order chi connectivity index (χ0) is 4.78. The summed E-state index contributed by atoms with van der Waals surface area (Å²) >= 11 is 0. The van der Waals surface area contributed by atoms with Crippen molar-refractivity contribution < 1.29 is 0 Å². The Labute approximate surface area is 39.5 Å². The Bertz CT molecular complexity index is 107. The van der Waals surface area contributed by atoms with E-state index in [9.17, 15) is 0 Å². The molecule has 1 atom stereocenters. The third-order valence-corrected chi connectivity index (χ3v) is 4.68. The van der Waals surface area contributed by atoms with Gasteiger partial charge in [-0.3, -0.25) is 0 Å². The molecule has 1 heterocycles. The fourth-order valence-electron chi connectivity index (χ4n) is 0.518. The van der Waals surface area contributed by atoms with Gasteiger partial charge in [0, 0.05) is 0 Å². The molecule has 1 rings (SSSR count). The topological polar surface area (TPSA) is 0 Å². The molecule has 0 spiro atoms. The highest BCUT2D eigenvalue weighted by molar-refractivity contribution is 7.83. The Hall–Kier alpha value is 0.300. The van der Waals surface area contributed by atoms with E-state index >= 15 is 0 Å². The Kier molecular flexibility index (Phi) is 0.686. The lowest BCUT2D eigenvalue weighted by atomic mass is 10.6. The molecule has 0 amide bonds. The average molecular weight is 102 g/mol. The van der Waals surface area contributed by atoms with Crippen molar-refractivity contribution in [2.45, 2.75) is 12.6 Å². The van der Waals surface area contributed by atoms with Crippen LogP contribution in [0.2, 0.25) is 0 Å². The molecular formula is C5H11P. The number of hydrogen-bond acceptors (Lipinski definition) is 0. The lowest BCUT2D eigenvalue weighted by Crippen LogP contribution is -1.72. The van der Waals surface area contributed by atoms with Gasteiger partial charge in [0.2, 0.25) is 0 Å². The molecule has 0 radical (unpaired) electrons. The molecular weight excluding hydrogens is 91.0 g/mol. The first-order chi connectivity index (χ1) is 2.63. The van der Waals surface area contributed by atoms with E-state index in [-0.39, 0.29) is 6.89 Å². The maximum absolute atomic E-state index is 2.47. The summed E-state index contributed by atoms with van der Waals surface area (Å²) in [4.78, 5) is 0. The van der Waals surface area contributed by atoms with Crippen LogP contribution in [-0.2, 0) is 0 Å². The standard InChI is InChI=1S/C5H11P/c1-5-4-6(5,2)3/h4-5H,1-3H3/t5-/m0/s1. The zero-order valence-corrected chi connectivity index (χ0v) is 5.50. The minimum Gasteiger partial charge on any atom is -0.108 e. The summed E-state index contributed by atoms with van der Waals surface area (Å²) in [6.07, 6.45) is 0. The van der Waals surface area contributed by atoms with Gasteiger partial charge in [-0.25, -0.2) is 0 Å². The monoisotopic (exact) mass is 102 g/mol. The number of hydrogen-bond donors (Lipinski definition) is 0. The second-order valence-electron chi connectivity index (χ2n) is 2.52. The van der Waals surface area contributed by atoms with Gasteiger partial charge in [-0.05, 0) is 19.0 Å². The summed E-state index contributed by atoms with van der Waals surface area (Å²) in [5, 5.41) is 0. The van der Waals surface area contributed by atoms with Gasteiger partial charge in [0.05, 0.1) is 0 Å². The Morgan fingerprint density at radius 1 is 1.50 bits per heavy atom. The molecule has 0 unspecified atom stereocenters. The molecule has 0 saturated heterocycles. The maximum atomic E-state index is 2.47. The molecule has 0 bridgehead atoms. The molecule has 1 heteroatoms. The minimum absolute atomic E-state index is 0.355. The van der Waals surface area contributed by atoms with E-state index in [0.717, 1.165) is 5.66 Å². The summed E-state index contributed by atoms with van der Waals surface area (Å²) in [5.41, 5.74) is 0.984. The van der Waals surface area contributed by atoms with Crippen molar-refractivity contribution in [1.82, 2.24) is 0 Å². The van der Waals surface area contributed by atoms with E-state index < -0.39 is 0 Å². The molecule has 0 N–H and O–H groups in total. The van der Waals surface area contributed by atoms with E-state index in [0.29, 0.717) is 0 Å². The highest BCUT2D eigenvalue weighted by Gasteiger charge is 2.23. The predicted molar refractivity (Wildman–Crippen MR) is 34.3 cm³/mol. The van der Waals surface area contributed by atoms with Gasteiger partial charge in [0.15, 0.2) is 0 Å². The SMILES string of the molecule is C[C@H]1C=P1(C)C. The van der Waals surface area contributed by atoms with Crippen LogP contribution in [0.4, 0.5) is 0 Å². The second-order valence-corrected chi connectivity index (χ2v) is 6.89. The van der Waals surface area contributed by atoms with Crippen LogP contribution < -0.4 is 0 Å². The van der Waals surface area contributed by atoms with Crippen molar-refractivity contribution >= 4 is 12.7 Å². The quantitative estimate of drug-likeness (QED) is 0.406. The summed E-state index contributed by atoms with van der Waals surface area (Å²) in [6.45, 7) is 6.69. The summed E-state index contributed by atoms with van der Waals surface area (Å²) in [6, 6.07) is 0. The van der Waals surface area contributed by atoms with Crippen LogP contribution in [0.25, 0.3) is 0 Å². The first-order valence-electron chi connectivity index (χ1n) is 2.32. The van der Waals surface area contributed by atoms with E-state index in [4.69, 9.17) is 0 Å². The molecule has 1 aliphatic heterocycles. The minimum atomic E-state index is -0.355. The van der Waals surface area contributed by atoms with Crippen molar-refractivity contribution in [1.29, 1.82) is 0 Å². The fourth-order valence-corrected chi connectivity index (χ4v) is 2.35. The van der Waals surface area contributed by atoms with Gasteiger partial charge < -0.3 is 0 Å². The lowest BCUT2D eigenvalue weighted by Gasteiger charge is -1.91. The first kappa shape index (κ1) is 4.46. The van der Waals surface area contributed by atoms with Gasteiger partial charge >= 0.3 is 0 Å². The molecule has 1 aliphatic rings. The van der Waals surface area contributed by atoms with Crippen molar-refractivity contribution in [2.24, 2.45) is 0 Å². The highest BCUT2D eigenvalue weighted by Crippen LogP contribution is 2.55. The zero-order valence-electron chi connectivity index (χ0n) is 4.60. The van der Waals surface area contributed by atoms with Crippen molar-refractivity contribution in [3.8, 4) is 0 Å². The van der Waals surface area contributed by atoms with Crippen molar-refractivity contribution in [3.63, 3.8) is 0 Å². The second kappa shape index (κ2) is 0.924. The molecule has 36 valence electrons. The van der Waals surface area contributed by atoms with E-state index in [1.165, 1.54) is 0 Å². The first-order valence-corrected chi connectivity index (χ1v) is 5.14.